The Morgan fingerprint density at radius 3 is 2.76 bits per heavy atom. The van der Waals surface area contributed by atoms with E-state index in [1.165, 1.54) is 5.56 Å². The molecule has 0 fully saturated rings. The van der Waals surface area contributed by atoms with Crippen LogP contribution in [0.3, 0.4) is 0 Å². The van der Waals surface area contributed by atoms with Crippen LogP contribution < -0.4 is 4.74 Å². The Balaban J connectivity index is 2.55. The van der Waals surface area contributed by atoms with Gasteiger partial charge in [-0.2, -0.15) is 0 Å². The highest BCUT2D eigenvalue weighted by Gasteiger charge is 2.09. The molecule has 1 aromatic carbocycles. The van der Waals surface area contributed by atoms with Gasteiger partial charge in [-0.05, 0) is 30.4 Å². The van der Waals surface area contributed by atoms with Crippen LogP contribution >= 0.6 is 0 Å². The van der Waals surface area contributed by atoms with Gasteiger partial charge in [0.15, 0.2) is 0 Å². The number of hydrogen-bond donors (Lipinski definition) is 1. The first-order valence-corrected chi connectivity index (χ1v) is 6.08. The van der Waals surface area contributed by atoms with Gasteiger partial charge in [-0.25, -0.2) is 0 Å². The van der Waals surface area contributed by atoms with E-state index < -0.39 is 5.97 Å². The number of rotatable bonds is 7. The Labute approximate surface area is 102 Å². The van der Waals surface area contributed by atoms with Crippen molar-refractivity contribution in [3.05, 3.63) is 29.8 Å². The van der Waals surface area contributed by atoms with E-state index >= 15 is 0 Å². The molecule has 3 nitrogen and oxygen atoms in total. The van der Waals surface area contributed by atoms with Gasteiger partial charge < -0.3 is 9.84 Å². The molecule has 0 spiro atoms. The fraction of sp³-hybridized carbons (Fsp3) is 0.500. The van der Waals surface area contributed by atoms with E-state index in [1.807, 2.05) is 18.2 Å². The molecule has 1 N–H and O–H groups in total. The predicted molar refractivity (Wildman–Crippen MR) is 67.5 cm³/mol. The van der Waals surface area contributed by atoms with E-state index in [4.69, 9.17) is 9.84 Å². The van der Waals surface area contributed by atoms with Gasteiger partial charge in [0, 0.05) is 6.42 Å². The average Bonchev–Trinajstić information content (AvgIpc) is 2.34. The van der Waals surface area contributed by atoms with E-state index in [0.717, 1.165) is 12.2 Å². The van der Waals surface area contributed by atoms with Gasteiger partial charge in [0.1, 0.15) is 5.75 Å². The first-order valence-electron chi connectivity index (χ1n) is 6.08. The molecule has 0 saturated carbocycles. The summed E-state index contributed by atoms with van der Waals surface area (Å²) in [7, 11) is 0. The van der Waals surface area contributed by atoms with Crippen LogP contribution in [0.5, 0.6) is 5.75 Å². The highest BCUT2D eigenvalue weighted by atomic mass is 16.5. The Hall–Kier alpha value is -1.51. The zero-order chi connectivity index (χ0) is 12.7. The SMILES string of the molecule is CCC(C)c1ccccc1OCCCC(=O)O. The Morgan fingerprint density at radius 2 is 2.12 bits per heavy atom. The third-order valence-corrected chi connectivity index (χ3v) is 2.85. The van der Waals surface area contributed by atoms with Crippen molar-refractivity contribution in [2.75, 3.05) is 6.61 Å². The minimum Gasteiger partial charge on any atom is -0.493 e. The Morgan fingerprint density at radius 1 is 1.41 bits per heavy atom. The van der Waals surface area contributed by atoms with Gasteiger partial charge in [-0.1, -0.05) is 32.0 Å². The maximum atomic E-state index is 10.4. The van der Waals surface area contributed by atoms with Gasteiger partial charge in [-0.3, -0.25) is 4.79 Å². The van der Waals surface area contributed by atoms with Crippen molar-refractivity contribution >= 4 is 5.97 Å². The fourth-order valence-corrected chi connectivity index (χ4v) is 1.64. The summed E-state index contributed by atoms with van der Waals surface area (Å²) >= 11 is 0. The van der Waals surface area contributed by atoms with Crippen LogP contribution in [0.25, 0.3) is 0 Å². The number of ether oxygens (including phenoxy) is 1. The molecule has 3 heteroatoms. The monoisotopic (exact) mass is 236 g/mol. The molecule has 1 unspecified atom stereocenters. The quantitative estimate of drug-likeness (QED) is 0.738. The highest BCUT2D eigenvalue weighted by molar-refractivity contribution is 5.66. The topological polar surface area (TPSA) is 46.5 Å². The molecule has 0 aromatic heterocycles. The van der Waals surface area contributed by atoms with Crippen molar-refractivity contribution in [2.45, 2.75) is 39.0 Å². The van der Waals surface area contributed by atoms with E-state index in [0.29, 0.717) is 18.9 Å². The van der Waals surface area contributed by atoms with Crippen molar-refractivity contribution in [3.8, 4) is 5.75 Å². The molecule has 0 aliphatic rings. The fourth-order valence-electron chi connectivity index (χ4n) is 1.64. The van der Waals surface area contributed by atoms with Gasteiger partial charge in [0.25, 0.3) is 0 Å². The second-order valence-electron chi connectivity index (χ2n) is 4.19. The lowest BCUT2D eigenvalue weighted by Crippen LogP contribution is -2.04. The Bertz CT molecular complexity index is 360. The molecule has 1 aromatic rings. The standard InChI is InChI=1S/C14H20O3/c1-3-11(2)12-7-4-5-8-13(12)17-10-6-9-14(15)16/h4-5,7-8,11H,3,6,9-10H2,1-2H3,(H,15,16). The van der Waals surface area contributed by atoms with Gasteiger partial charge in [-0.15, -0.1) is 0 Å². The van der Waals surface area contributed by atoms with E-state index in [-0.39, 0.29) is 6.42 Å². The number of benzene rings is 1. The molecule has 0 aliphatic heterocycles. The zero-order valence-electron chi connectivity index (χ0n) is 10.5. The molecule has 94 valence electrons. The maximum absolute atomic E-state index is 10.4. The van der Waals surface area contributed by atoms with Crippen molar-refractivity contribution in [3.63, 3.8) is 0 Å². The summed E-state index contributed by atoms with van der Waals surface area (Å²) in [5.74, 6) is 0.571. The van der Waals surface area contributed by atoms with Crippen molar-refractivity contribution in [1.29, 1.82) is 0 Å². The van der Waals surface area contributed by atoms with Gasteiger partial charge in [0.05, 0.1) is 6.61 Å². The molecule has 0 aliphatic carbocycles. The molecule has 0 saturated heterocycles. The maximum Gasteiger partial charge on any atom is 0.303 e. The molecular weight excluding hydrogens is 216 g/mol. The minimum absolute atomic E-state index is 0.158. The van der Waals surface area contributed by atoms with Crippen LogP contribution in [0.2, 0.25) is 0 Å². The first kappa shape index (κ1) is 13.6. The van der Waals surface area contributed by atoms with E-state index in [9.17, 15) is 4.79 Å². The largest absolute Gasteiger partial charge is 0.493 e. The molecule has 1 atom stereocenters. The molecule has 0 heterocycles. The van der Waals surface area contributed by atoms with Crippen LogP contribution in [0, 0.1) is 0 Å². The second-order valence-corrected chi connectivity index (χ2v) is 4.19. The second kappa shape index (κ2) is 6.94. The van der Waals surface area contributed by atoms with Crippen molar-refractivity contribution < 1.29 is 14.6 Å². The summed E-state index contributed by atoms with van der Waals surface area (Å²) in [6, 6.07) is 7.97. The normalized spacial score (nSPS) is 12.1. The molecular formula is C14H20O3. The summed E-state index contributed by atoms with van der Waals surface area (Å²) in [5.41, 5.74) is 1.20. The van der Waals surface area contributed by atoms with E-state index in [2.05, 4.69) is 19.9 Å². The molecule has 0 bridgehead atoms. The number of carbonyl (C=O) groups is 1. The molecule has 0 amide bonds. The van der Waals surface area contributed by atoms with Crippen LogP contribution in [0.1, 0.15) is 44.6 Å². The van der Waals surface area contributed by atoms with E-state index in [1.54, 1.807) is 0 Å². The highest BCUT2D eigenvalue weighted by Crippen LogP contribution is 2.28. The number of para-hydroxylation sites is 1. The third-order valence-electron chi connectivity index (χ3n) is 2.85. The summed E-state index contributed by atoms with van der Waals surface area (Å²) in [5, 5.41) is 8.54. The summed E-state index contributed by atoms with van der Waals surface area (Å²) in [6.07, 6.45) is 1.77. The average molecular weight is 236 g/mol. The molecule has 17 heavy (non-hydrogen) atoms. The van der Waals surface area contributed by atoms with Crippen molar-refractivity contribution in [1.82, 2.24) is 0 Å². The first-order chi connectivity index (χ1) is 8.15. The Kier molecular flexibility index (Phi) is 5.53. The van der Waals surface area contributed by atoms with Gasteiger partial charge in [0.2, 0.25) is 0 Å². The van der Waals surface area contributed by atoms with Crippen LogP contribution in [-0.2, 0) is 4.79 Å². The minimum atomic E-state index is -0.774. The smallest absolute Gasteiger partial charge is 0.303 e. The molecule has 0 radical (unpaired) electrons. The molecule has 1 rings (SSSR count). The lowest BCUT2D eigenvalue weighted by molar-refractivity contribution is -0.137. The number of aliphatic carboxylic acids is 1. The van der Waals surface area contributed by atoms with Crippen LogP contribution in [0.4, 0.5) is 0 Å². The number of carboxylic acid groups (broad SMARTS) is 1. The summed E-state index contributed by atoms with van der Waals surface area (Å²) in [6.45, 7) is 4.77. The van der Waals surface area contributed by atoms with Crippen LogP contribution in [0.15, 0.2) is 24.3 Å². The van der Waals surface area contributed by atoms with Gasteiger partial charge >= 0.3 is 5.97 Å². The number of carboxylic acids is 1. The number of hydrogen-bond acceptors (Lipinski definition) is 2. The summed E-state index contributed by atoms with van der Waals surface area (Å²) in [4.78, 5) is 10.4. The lowest BCUT2D eigenvalue weighted by atomic mass is 9.98. The lowest BCUT2D eigenvalue weighted by Gasteiger charge is -2.15. The predicted octanol–water partition coefficient (Wildman–Crippen LogP) is 3.44. The van der Waals surface area contributed by atoms with Crippen LogP contribution in [-0.4, -0.2) is 17.7 Å². The van der Waals surface area contributed by atoms with Crippen molar-refractivity contribution in [2.24, 2.45) is 0 Å². The summed E-state index contributed by atoms with van der Waals surface area (Å²) < 4.78 is 5.65. The zero-order valence-corrected chi connectivity index (χ0v) is 10.5. The third kappa shape index (κ3) is 4.47.